The fourth-order valence-electron chi connectivity index (χ4n) is 4.01. The molecular formula is C21H24N2O5S2. The number of thiophene rings is 1. The number of esters is 1. The number of hydrogen-bond donors (Lipinski definition) is 1. The summed E-state index contributed by atoms with van der Waals surface area (Å²) in [6, 6.07) is 6.52. The maximum atomic E-state index is 12.8. The Hall–Kier alpha value is -2.39. The zero-order valence-electron chi connectivity index (χ0n) is 16.8. The van der Waals surface area contributed by atoms with Crippen LogP contribution in [-0.2, 0) is 27.6 Å². The fourth-order valence-corrected chi connectivity index (χ4v) is 6.92. The number of methoxy groups -OCH3 is 1. The van der Waals surface area contributed by atoms with Gasteiger partial charge in [-0.25, -0.2) is 13.2 Å². The Morgan fingerprint density at radius 2 is 1.80 bits per heavy atom. The van der Waals surface area contributed by atoms with Crippen molar-refractivity contribution in [3.63, 3.8) is 0 Å². The van der Waals surface area contributed by atoms with Crippen molar-refractivity contribution >= 4 is 43.9 Å². The highest BCUT2D eigenvalue weighted by molar-refractivity contribution is 7.92. The first kappa shape index (κ1) is 20.9. The van der Waals surface area contributed by atoms with Crippen LogP contribution in [0.25, 0.3) is 0 Å². The second-order valence-corrected chi connectivity index (χ2v) is 10.6. The van der Waals surface area contributed by atoms with E-state index in [9.17, 15) is 18.0 Å². The lowest BCUT2D eigenvalue weighted by Gasteiger charge is -2.28. The SMILES string of the molecule is COC(=O)c1c(NC(=O)c2ccc(N3CCCCS3(=O)=O)cc2)sc2c1CCCC2. The van der Waals surface area contributed by atoms with Crippen molar-refractivity contribution in [3.8, 4) is 0 Å². The monoisotopic (exact) mass is 448 g/mol. The molecule has 1 aliphatic carbocycles. The number of sulfonamides is 1. The van der Waals surface area contributed by atoms with E-state index in [1.165, 1.54) is 22.8 Å². The number of nitrogens with zero attached hydrogens (tertiary/aromatic N) is 1. The van der Waals surface area contributed by atoms with Gasteiger partial charge in [0.05, 0.1) is 24.1 Å². The summed E-state index contributed by atoms with van der Waals surface area (Å²) >= 11 is 1.43. The molecule has 0 atom stereocenters. The lowest BCUT2D eigenvalue weighted by molar-refractivity contribution is 0.0601. The molecule has 0 radical (unpaired) electrons. The number of carbonyl (C=O) groups excluding carboxylic acids is 2. The molecule has 160 valence electrons. The third-order valence-corrected chi connectivity index (χ3v) is 8.63. The van der Waals surface area contributed by atoms with Crippen LogP contribution in [0.1, 0.15) is 56.8 Å². The van der Waals surface area contributed by atoms with Crippen LogP contribution in [0.4, 0.5) is 10.7 Å². The molecule has 30 heavy (non-hydrogen) atoms. The Bertz CT molecular complexity index is 1070. The molecule has 0 unspecified atom stereocenters. The van der Waals surface area contributed by atoms with Crippen molar-refractivity contribution in [2.24, 2.45) is 0 Å². The third kappa shape index (κ3) is 3.96. The largest absolute Gasteiger partial charge is 0.465 e. The topological polar surface area (TPSA) is 92.8 Å². The molecule has 0 saturated carbocycles. The standard InChI is InChI=1S/C21H24N2O5S2/c1-28-21(25)18-16-6-2-3-7-17(16)29-20(18)22-19(24)14-8-10-15(11-9-14)23-12-4-5-13-30(23,26)27/h8-11H,2-7,12-13H2,1H3,(H,22,24). The number of nitrogens with one attached hydrogen (secondary N) is 1. The molecule has 1 aromatic heterocycles. The van der Waals surface area contributed by atoms with Gasteiger partial charge in [-0.3, -0.25) is 9.10 Å². The van der Waals surface area contributed by atoms with Crippen molar-refractivity contribution in [3.05, 3.63) is 45.8 Å². The molecule has 7 nitrogen and oxygen atoms in total. The van der Waals surface area contributed by atoms with E-state index in [1.54, 1.807) is 24.3 Å². The number of aryl methyl sites for hydroxylation is 1. The minimum Gasteiger partial charge on any atom is -0.465 e. The van der Waals surface area contributed by atoms with Gasteiger partial charge >= 0.3 is 5.97 Å². The second kappa shape index (κ2) is 8.39. The number of benzene rings is 1. The Kier molecular flexibility index (Phi) is 5.84. The number of ether oxygens (including phenoxy) is 1. The Morgan fingerprint density at radius 3 is 2.50 bits per heavy atom. The molecule has 1 fully saturated rings. The average Bonchev–Trinajstić information content (AvgIpc) is 3.10. The molecule has 9 heteroatoms. The van der Waals surface area contributed by atoms with Crippen LogP contribution in [0.2, 0.25) is 0 Å². The number of rotatable bonds is 4. The highest BCUT2D eigenvalue weighted by atomic mass is 32.2. The van der Waals surface area contributed by atoms with Gasteiger partial charge in [0.25, 0.3) is 5.91 Å². The maximum Gasteiger partial charge on any atom is 0.341 e. The zero-order chi connectivity index (χ0) is 21.3. The number of hydrogen-bond acceptors (Lipinski definition) is 6. The normalized spacial score (nSPS) is 17.8. The highest BCUT2D eigenvalue weighted by Gasteiger charge is 2.28. The van der Waals surface area contributed by atoms with Gasteiger partial charge < -0.3 is 10.1 Å². The summed E-state index contributed by atoms with van der Waals surface area (Å²) in [7, 11) is -1.95. The molecule has 0 bridgehead atoms. The number of fused-ring (bicyclic) bond motifs is 1. The minimum atomic E-state index is -3.30. The number of amides is 1. The lowest BCUT2D eigenvalue weighted by atomic mass is 9.95. The van der Waals surface area contributed by atoms with E-state index in [0.29, 0.717) is 34.8 Å². The highest BCUT2D eigenvalue weighted by Crippen LogP contribution is 2.38. The molecule has 1 aliphatic heterocycles. The van der Waals surface area contributed by atoms with E-state index < -0.39 is 16.0 Å². The van der Waals surface area contributed by atoms with E-state index in [0.717, 1.165) is 42.5 Å². The van der Waals surface area contributed by atoms with Gasteiger partial charge in [-0.15, -0.1) is 11.3 Å². The Balaban J connectivity index is 1.56. The summed E-state index contributed by atoms with van der Waals surface area (Å²) in [5.41, 5.74) is 2.41. The number of anilines is 2. The summed E-state index contributed by atoms with van der Waals surface area (Å²) in [6.45, 7) is 0.455. The summed E-state index contributed by atoms with van der Waals surface area (Å²) in [4.78, 5) is 26.3. The maximum absolute atomic E-state index is 12.8. The van der Waals surface area contributed by atoms with E-state index in [2.05, 4.69) is 5.32 Å². The second-order valence-electron chi connectivity index (χ2n) is 7.50. The smallest absolute Gasteiger partial charge is 0.341 e. The molecule has 1 amide bonds. The van der Waals surface area contributed by atoms with Gasteiger partial charge in [-0.1, -0.05) is 0 Å². The summed E-state index contributed by atoms with van der Waals surface area (Å²) < 4.78 is 30.9. The molecular weight excluding hydrogens is 424 g/mol. The summed E-state index contributed by atoms with van der Waals surface area (Å²) in [5.74, 6) is -0.628. The van der Waals surface area contributed by atoms with Gasteiger partial charge in [0.15, 0.2) is 0 Å². The van der Waals surface area contributed by atoms with Crippen molar-refractivity contribution in [1.29, 1.82) is 0 Å². The van der Waals surface area contributed by atoms with Crippen LogP contribution < -0.4 is 9.62 Å². The van der Waals surface area contributed by atoms with Crippen molar-refractivity contribution in [2.45, 2.75) is 38.5 Å². The molecule has 0 spiro atoms. The van der Waals surface area contributed by atoms with Gasteiger partial charge in [0, 0.05) is 17.0 Å². The molecule has 1 saturated heterocycles. The molecule has 2 aromatic rings. The van der Waals surface area contributed by atoms with Gasteiger partial charge in [-0.05, 0) is 68.4 Å². The zero-order valence-corrected chi connectivity index (χ0v) is 18.4. The lowest BCUT2D eigenvalue weighted by Crippen LogP contribution is -2.37. The van der Waals surface area contributed by atoms with Gasteiger partial charge in [0.1, 0.15) is 5.00 Å². The van der Waals surface area contributed by atoms with Crippen LogP contribution in [0, 0.1) is 0 Å². The van der Waals surface area contributed by atoms with Gasteiger partial charge in [-0.2, -0.15) is 0 Å². The molecule has 2 aliphatic rings. The van der Waals surface area contributed by atoms with E-state index in [1.807, 2.05) is 0 Å². The van der Waals surface area contributed by atoms with Crippen LogP contribution >= 0.6 is 11.3 Å². The van der Waals surface area contributed by atoms with Gasteiger partial charge in [0.2, 0.25) is 10.0 Å². The van der Waals surface area contributed by atoms with E-state index >= 15 is 0 Å². The van der Waals surface area contributed by atoms with Crippen molar-refractivity contribution in [2.75, 3.05) is 29.0 Å². The molecule has 1 N–H and O–H groups in total. The van der Waals surface area contributed by atoms with Crippen LogP contribution in [0.3, 0.4) is 0 Å². The average molecular weight is 449 g/mol. The van der Waals surface area contributed by atoms with Crippen LogP contribution in [-0.4, -0.2) is 39.7 Å². The first-order valence-electron chi connectivity index (χ1n) is 10.1. The Morgan fingerprint density at radius 1 is 1.07 bits per heavy atom. The predicted molar refractivity (Wildman–Crippen MR) is 117 cm³/mol. The fraction of sp³-hybridized carbons (Fsp3) is 0.429. The third-order valence-electron chi connectivity index (χ3n) is 5.55. The summed E-state index contributed by atoms with van der Waals surface area (Å²) in [6.07, 6.45) is 5.29. The van der Waals surface area contributed by atoms with E-state index in [4.69, 9.17) is 4.74 Å². The molecule has 2 heterocycles. The van der Waals surface area contributed by atoms with E-state index in [-0.39, 0.29) is 11.7 Å². The Labute approximate surface area is 180 Å². The molecule has 4 rings (SSSR count). The van der Waals surface area contributed by atoms with Crippen LogP contribution in [0.5, 0.6) is 0 Å². The quantitative estimate of drug-likeness (QED) is 0.722. The predicted octanol–water partition coefficient (Wildman–Crippen LogP) is 3.60. The number of carbonyl (C=O) groups is 2. The van der Waals surface area contributed by atoms with Crippen molar-refractivity contribution in [1.82, 2.24) is 0 Å². The first-order valence-corrected chi connectivity index (χ1v) is 12.5. The first-order chi connectivity index (χ1) is 14.4. The molecule has 1 aromatic carbocycles. The summed E-state index contributed by atoms with van der Waals surface area (Å²) in [5, 5.41) is 3.38. The van der Waals surface area contributed by atoms with Crippen molar-refractivity contribution < 1.29 is 22.7 Å². The van der Waals surface area contributed by atoms with Crippen LogP contribution in [0.15, 0.2) is 24.3 Å². The minimum absolute atomic E-state index is 0.147.